The van der Waals surface area contributed by atoms with Crippen molar-refractivity contribution in [2.75, 3.05) is 6.54 Å². The van der Waals surface area contributed by atoms with Gasteiger partial charge in [-0.15, -0.1) is 0 Å². The van der Waals surface area contributed by atoms with Crippen LogP contribution in [0.2, 0.25) is 5.02 Å². The lowest BCUT2D eigenvalue weighted by atomic mass is 10.1. The Labute approximate surface area is 100 Å². The summed E-state index contributed by atoms with van der Waals surface area (Å²) < 4.78 is 0. The van der Waals surface area contributed by atoms with E-state index in [1.807, 2.05) is 31.2 Å². The molecule has 0 fully saturated rings. The zero-order valence-electron chi connectivity index (χ0n) is 9.40. The molecule has 1 aromatic carbocycles. The molecule has 0 heterocycles. The van der Waals surface area contributed by atoms with Crippen LogP contribution >= 0.6 is 11.6 Å². The van der Waals surface area contributed by atoms with Crippen LogP contribution in [0.4, 0.5) is 0 Å². The summed E-state index contributed by atoms with van der Waals surface area (Å²) in [7, 11) is 0. The van der Waals surface area contributed by atoms with Crippen molar-refractivity contribution in [3.05, 3.63) is 34.9 Å². The van der Waals surface area contributed by atoms with E-state index >= 15 is 0 Å². The van der Waals surface area contributed by atoms with E-state index in [-0.39, 0.29) is 12.0 Å². The third kappa shape index (κ3) is 3.83. The van der Waals surface area contributed by atoms with Crippen LogP contribution in [0, 0.1) is 5.92 Å². The van der Waals surface area contributed by atoms with Gasteiger partial charge >= 0.3 is 5.97 Å². The second-order valence-electron chi connectivity index (χ2n) is 3.92. The predicted octanol–water partition coefficient (Wildman–Crippen LogP) is 2.71. The van der Waals surface area contributed by atoms with Crippen LogP contribution in [0.3, 0.4) is 0 Å². The maximum atomic E-state index is 10.6. The van der Waals surface area contributed by atoms with E-state index < -0.39 is 5.97 Å². The van der Waals surface area contributed by atoms with Gasteiger partial charge in [-0.05, 0) is 24.6 Å². The maximum absolute atomic E-state index is 10.6. The lowest BCUT2D eigenvalue weighted by Crippen LogP contribution is -2.28. The zero-order valence-corrected chi connectivity index (χ0v) is 10.2. The van der Waals surface area contributed by atoms with Crippen molar-refractivity contribution in [2.45, 2.75) is 19.9 Å². The minimum atomic E-state index is -0.786. The molecule has 0 aromatic heterocycles. The molecule has 2 N–H and O–H groups in total. The van der Waals surface area contributed by atoms with E-state index in [9.17, 15) is 4.79 Å². The zero-order chi connectivity index (χ0) is 12.1. The van der Waals surface area contributed by atoms with Gasteiger partial charge in [0.1, 0.15) is 0 Å². The third-order valence-corrected chi connectivity index (χ3v) is 2.74. The third-order valence-electron chi connectivity index (χ3n) is 2.50. The summed E-state index contributed by atoms with van der Waals surface area (Å²) in [6, 6.07) is 7.65. The van der Waals surface area contributed by atoms with E-state index in [1.54, 1.807) is 6.92 Å². The molecule has 0 saturated heterocycles. The minimum Gasteiger partial charge on any atom is -0.481 e. The highest BCUT2D eigenvalue weighted by atomic mass is 35.5. The molecule has 0 aliphatic carbocycles. The fraction of sp³-hybridized carbons (Fsp3) is 0.417. The van der Waals surface area contributed by atoms with Gasteiger partial charge in [0.15, 0.2) is 0 Å². The van der Waals surface area contributed by atoms with Crippen molar-refractivity contribution in [3.8, 4) is 0 Å². The Hall–Kier alpha value is -1.06. The quantitative estimate of drug-likeness (QED) is 0.833. The van der Waals surface area contributed by atoms with E-state index in [0.717, 1.165) is 5.56 Å². The van der Waals surface area contributed by atoms with Gasteiger partial charge in [-0.1, -0.05) is 30.7 Å². The Bertz CT molecular complexity index is 368. The molecule has 88 valence electrons. The first-order valence-electron chi connectivity index (χ1n) is 5.22. The standard InChI is InChI=1S/C12H16ClNO2/c1-8(12(15)16)7-14-9(2)10-4-3-5-11(13)6-10/h3-6,8-9,14H,7H2,1-2H3,(H,15,16). The van der Waals surface area contributed by atoms with Gasteiger partial charge in [-0.3, -0.25) is 4.79 Å². The molecule has 0 amide bonds. The van der Waals surface area contributed by atoms with Crippen LogP contribution in [0.25, 0.3) is 0 Å². The summed E-state index contributed by atoms with van der Waals surface area (Å²) in [4.78, 5) is 10.6. The number of hydrogen-bond acceptors (Lipinski definition) is 2. The Morgan fingerprint density at radius 3 is 2.75 bits per heavy atom. The molecule has 2 atom stereocenters. The fourth-order valence-corrected chi connectivity index (χ4v) is 1.53. The Morgan fingerprint density at radius 1 is 1.50 bits per heavy atom. The lowest BCUT2D eigenvalue weighted by Gasteiger charge is -2.16. The van der Waals surface area contributed by atoms with Crippen LogP contribution in [0.5, 0.6) is 0 Å². The number of halogens is 1. The molecule has 1 rings (SSSR count). The summed E-state index contributed by atoms with van der Waals surface area (Å²) in [6.07, 6.45) is 0. The summed E-state index contributed by atoms with van der Waals surface area (Å²) in [5.41, 5.74) is 1.06. The molecule has 0 radical (unpaired) electrons. The second-order valence-corrected chi connectivity index (χ2v) is 4.36. The van der Waals surface area contributed by atoms with Crippen LogP contribution in [0.1, 0.15) is 25.5 Å². The number of carbonyl (C=O) groups is 1. The summed E-state index contributed by atoms with van der Waals surface area (Å²) in [6.45, 7) is 4.11. The normalized spacial score (nSPS) is 14.4. The molecule has 1 aromatic rings. The first-order chi connectivity index (χ1) is 7.50. The number of carboxylic acids is 1. The van der Waals surface area contributed by atoms with E-state index in [0.29, 0.717) is 11.6 Å². The first-order valence-corrected chi connectivity index (χ1v) is 5.60. The second kappa shape index (κ2) is 5.87. The van der Waals surface area contributed by atoms with Gasteiger partial charge in [-0.25, -0.2) is 0 Å². The molecule has 2 unspecified atom stereocenters. The molecule has 0 bridgehead atoms. The predicted molar refractivity (Wildman–Crippen MR) is 64.7 cm³/mol. The van der Waals surface area contributed by atoms with Gasteiger partial charge in [0.25, 0.3) is 0 Å². The molecule has 0 spiro atoms. The van der Waals surface area contributed by atoms with Crippen molar-refractivity contribution < 1.29 is 9.90 Å². The largest absolute Gasteiger partial charge is 0.481 e. The molecule has 0 aliphatic rings. The van der Waals surface area contributed by atoms with Gasteiger partial charge in [0.05, 0.1) is 5.92 Å². The first kappa shape index (κ1) is 13.0. The molecular formula is C12H16ClNO2. The van der Waals surface area contributed by atoms with E-state index in [4.69, 9.17) is 16.7 Å². The molecule has 3 nitrogen and oxygen atoms in total. The molecule has 0 saturated carbocycles. The highest BCUT2D eigenvalue weighted by Gasteiger charge is 2.12. The number of carboxylic acid groups (broad SMARTS) is 1. The number of aliphatic carboxylic acids is 1. The Morgan fingerprint density at radius 2 is 2.19 bits per heavy atom. The average molecular weight is 242 g/mol. The summed E-state index contributed by atoms with van der Waals surface area (Å²) >= 11 is 5.88. The van der Waals surface area contributed by atoms with E-state index in [1.165, 1.54) is 0 Å². The topological polar surface area (TPSA) is 49.3 Å². The molecule has 4 heteroatoms. The Kier molecular flexibility index (Phi) is 4.77. The molecular weight excluding hydrogens is 226 g/mol. The summed E-state index contributed by atoms with van der Waals surface area (Å²) in [5, 5.41) is 12.6. The van der Waals surface area contributed by atoms with Crippen molar-refractivity contribution >= 4 is 17.6 Å². The molecule has 16 heavy (non-hydrogen) atoms. The van der Waals surface area contributed by atoms with E-state index in [2.05, 4.69) is 5.32 Å². The summed E-state index contributed by atoms with van der Waals surface area (Å²) in [5.74, 6) is -1.17. The van der Waals surface area contributed by atoms with Crippen molar-refractivity contribution in [3.63, 3.8) is 0 Å². The van der Waals surface area contributed by atoms with Crippen molar-refractivity contribution in [2.24, 2.45) is 5.92 Å². The van der Waals surface area contributed by atoms with Crippen LogP contribution in [-0.4, -0.2) is 17.6 Å². The Balaban J connectivity index is 2.52. The minimum absolute atomic E-state index is 0.0977. The maximum Gasteiger partial charge on any atom is 0.307 e. The lowest BCUT2D eigenvalue weighted by molar-refractivity contribution is -0.140. The van der Waals surface area contributed by atoms with Gasteiger partial charge in [0, 0.05) is 17.6 Å². The number of hydrogen-bond donors (Lipinski definition) is 2. The number of rotatable bonds is 5. The van der Waals surface area contributed by atoms with Gasteiger partial charge in [-0.2, -0.15) is 0 Å². The van der Waals surface area contributed by atoms with Gasteiger partial charge in [0.2, 0.25) is 0 Å². The van der Waals surface area contributed by atoms with Crippen LogP contribution < -0.4 is 5.32 Å². The smallest absolute Gasteiger partial charge is 0.307 e. The number of nitrogens with one attached hydrogen (secondary N) is 1. The monoisotopic (exact) mass is 241 g/mol. The average Bonchev–Trinajstić information content (AvgIpc) is 2.25. The van der Waals surface area contributed by atoms with Crippen LogP contribution in [-0.2, 0) is 4.79 Å². The van der Waals surface area contributed by atoms with Crippen LogP contribution in [0.15, 0.2) is 24.3 Å². The molecule has 0 aliphatic heterocycles. The SMILES string of the molecule is CC(CNC(C)c1cccc(Cl)c1)C(=O)O. The van der Waals surface area contributed by atoms with Crippen molar-refractivity contribution in [1.82, 2.24) is 5.32 Å². The number of benzene rings is 1. The fourth-order valence-electron chi connectivity index (χ4n) is 1.33. The van der Waals surface area contributed by atoms with Crippen molar-refractivity contribution in [1.29, 1.82) is 0 Å². The van der Waals surface area contributed by atoms with Gasteiger partial charge < -0.3 is 10.4 Å². The highest BCUT2D eigenvalue weighted by Crippen LogP contribution is 2.17. The highest BCUT2D eigenvalue weighted by molar-refractivity contribution is 6.30.